The molecule has 2 heterocycles. The van der Waals surface area contributed by atoms with E-state index in [1.807, 2.05) is 6.08 Å². The molecule has 2 aromatic heterocycles. The molecule has 13 heavy (non-hydrogen) atoms. The van der Waals surface area contributed by atoms with Gasteiger partial charge < -0.3 is 4.98 Å². The Bertz CT molecular complexity index is 423. The molecule has 5 heteroatoms. The van der Waals surface area contributed by atoms with Crippen molar-refractivity contribution in [1.29, 1.82) is 0 Å². The molecule has 0 unspecified atom stereocenters. The first-order chi connectivity index (χ1) is 6.42. The smallest absolute Gasteiger partial charge is 0.296 e. The van der Waals surface area contributed by atoms with Crippen molar-refractivity contribution < 1.29 is 4.98 Å². The summed E-state index contributed by atoms with van der Waals surface area (Å²) < 4.78 is 0. The summed E-state index contributed by atoms with van der Waals surface area (Å²) in [7, 11) is 0. The van der Waals surface area contributed by atoms with E-state index in [1.54, 1.807) is 24.4 Å². The van der Waals surface area contributed by atoms with Crippen LogP contribution in [0.1, 0.15) is 0 Å². The lowest BCUT2D eigenvalue weighted by atomic mass is 10.6. The Morgan fingerprint density at radius 3 is 3.38 bits per heavy atom. The van der Waals surface area contributed by atoms with Crippen LogP contribution in [0.25, 0.3) is 11.2 Å². The summed E-state index contributed by atoms with van der Waals surface area (Å²) in [6, 6.07) is 0. The second kappa shape index (κ2) is 3.57. The van der Waals surface area contributed by atoms with Gasteiger partial charge in [-0.25, -0.2) is 4.98 Å². The molecule has 0 amide bonds. The third-order valence-corrected chi connectivity index (χ3v) is 2.59. The van der Waals surface area contributed by atoms with Gasteiger partial charge in [-0.2, -0.15) is 4.98 Å². The summed E-state index contributed by atoms with van der Waals surface area (Å²) in [5, 5.41) is 1.04. The van der Waals surface area contributed by atoms with E-state index in [4.69, 9.17) is 0 Å². The molecule has 0 aliphatic heterocycles. The Kier molecular flexibility index (Phi) is 2.27. The average Bonchev–Trinajstić information content (AvgIpc) is 2.62. The maximum absolute atomic E-state index is 4.07. The average molecular weight is 193 g/mol. The van der Waals surface area contributed by atoms with Crippen molar-refractivity contribution >= 4 is 22.9 Å². The number of rotatable bonds is 3. The number of nitrogens with one attached hydrogen (secondary N) is 2. The van der Waals surface area contributed by atoms with Crippen LogP contribution in [0.5, 0.6) is 0 Å². The zero-order valence-corrected chi connectivity index (χ0v) is 7.77. The first-order valence-electron chi connectivity index (χ1n) is 3.85. The van der Waals surface area contributed by atoms with Crippen LogP contribution in [0.15, 0.2) is 30.3 Å². The van der Waals surface area contributed by atoms with Crippen LogP contribution < -0.4 is 4.98 Å². The third kappa shape index (κ3) is 1.55. The predicted molar refractivity (Wildman–Crippen MR) is 51.4 cm³/mol. The molecular formula is C8H9N4S+. The molecule has 2 rings (SSSR count). The quantitative estimate of drug-likeness (QED) is 0.450. The van der Waals surface area contributed by atoms with Gasteiger partial charge >= 0.3 is 0 Å². The second-order valence-electron chi connectivity index (χ2n) is 2.43. The highest BCUT2D eigenvalue weighted by Crippen LogP contribution is 2.18. The predicted octanol–water partition coefficient (Wildman–Crippen LogP) is 1.05. The number of aromatic nitrogens is 4. The Hall–Kier alpha value is -1.36. The van der Waals surface area contributed by atoms with Crippen molar-refractivity contribution in [3.05, 3.63) is 25.3 Å². The molecule has 2 aromatic rings. The molecule has 0 aliphatic carbocycles. The zero-order chi connectivity index (χ0) is 9.10. The lowest BCUT2D eigenvalue weighted by Gasteiger charge is -1.92. The van der Waals surface area contributed by atoms with Crippen LogP contribution in [-0.4, -0.2) is 20.7 Å². The van der Waals surface area contributed by atoms with E-state index in [1.165, 1.54) is 0 Å². The second-order valence-corrected chi connectivity index (χ2v) is 3.46. The van der Waals surface area contributed by atoms with Crippen molar-refractivity contribution in [3.63, 3.8) is 0 Å². The monoisotopic (exact) mass is 193 g/mol. The van der Waals surface area contributed by atoms with Crippen molar-refractivity contribution in [2.75, 3.05) is 5.75 Å². The number of thioether (sulfide) groups is 1. The Labute approximate surface area is 79.5 Å². The van der Waals surface area contributed by atoms with Crippen molar-refractivity contribution in [1.82, 2.24) is 15.0 Å². The van der Waals surface area contributed by atoms with Gasteiger partial charge in [-0.1, -0.05) is 17.8 Å². The van der Waals surface area contributed by atoms with Gasteiger partial charge in [0, 0.05) is 5.75 Å². The van der Waals surface area contributed by atoms with Crippen LogP contribution in [-0.2, 0) is 0 Å². The normalized spacial score (nSPS) is 10.5. The number of nitrogens with zero attached hydrogens (tertiary/aromatic N) is 2. The molecule has 0 radical (unpaired) electrons. The van der Waals surface area contributed by atoms with E-state index in [0.29, 0.717) is 0 Å². The van der Waals surface area contributed by atoms with E-state index in [-0.39, 0.29) is 0 Å². The first kappa shape index (κ1) is 8.25. The topological polar surface area (TPSA) is 55.7 Å². The largest absolute Gasteiger partial charge is 0.337 e. The van der Waals surface area contributed by atoms with Gasteiger partial charge in [0.05, 0.1) is 6.33 Å². The van der Waals surface area contributed by atoms with Crippen molar-refractivity contribution in [3.8, 4) is 0 Å². The molecule has 0 fully saturated rings. The van der Waals surface area contributed by atoms with Gasteiger partial charge in [-0.3, -0.25) is 0 Å². The summed E-state index contributed by atoms with van der Waals surface area (Å²) in [4.78, 5) is 14.2. The van der Waals surface area contributed by atoms with E-state index in [9.17, 15) is 0 Å². The highest BCUT2D eigenvalue weighted by molar-refractivity contribution is 7.99. The Balaban J connectivity index is 2.42. The standard InChI is InChI=1S/C8H8N4S/c1-2-3-13-8-6-7(10-4-9-6)11-5-12-8/h2,4-5H,1,3H2,(H,9,10,11,12)/p+1. The summed E-state index contributed by atoms with van der Waals surface area (Å²) >= 11 is 1.67. The molecule has 2 N–H and O–H groups in total. The minimum Gasteiger partial charge on any atom is -0.337 e. The van der Waals surface area contributed by atoms with Gasteiger partial charge in [0.15, 0.2) is 10.5 Å². The van der Waals surface area contributed by atoms with Crippen LogP contribution >= 0.6 is 11.8 Å². The Morgan fingerprint density at radius 1 is 1.62 bits per heavy atom. The molecule has 66 valence electrons. The van der Waals surface area contributed by atoms with Gasteiger partial charge in [0.25, 0.3) is 12.0 Å². The number of H-pyrrole nitrogens is 2. The number of imidazole rings is 1. The van der Waals surface area contributed by atoms with Crippen molar-refractivity contribution in [2.24, 2.45) is 0 Å². The molecule has 4 nitrogen and oxygen atoms in total. The van der Waals surface area contributed by atoms with Gasteiger partial charge in [-0.15, -0.1) is 6.58 Å². The summed E-state index contributed by atoms with van der Waals surface area (Å²) in [5.41, 5.74) is 1.69. The molecule has 0 saturated carbocycles. The first-order valence-corrected chi connectivity index (χ1v) is 4.84. The SMILES string of the molecule is C=CCSc1[nH+]cnc2nc[nH]c12. The summed E-state index contributed by atoms with van der Waals surface area (Å²) in [6.07, 6.45) is 5.15. The Morgan fingerprint density at radius 2 is 2.54 bits per heavy atom. The van der Waals surface area contributed by atoms with Crippen molar-refractivity contribution in [2.45, 2.75) is 5.03 Å². The van der Waals surface area contributed by atoms with Crippen LogP contribution in [0.2, 0.25) is 0 Å². The highest BCUT2D eigenvalue weighted by Gasteiger charge is 2.10. The fourth-order valence-corrected chi connectivity index (χ4v) is 1.75. The summed E-state index contributed by atoms with van der Waals surface area (Å²) in [6.45, 7) is 3.67. The molecule has 0 bridgehead atoms. The third-order valence-electron chi connectivity index (χ3n) is 1.57. The molecule has 0 spiro atoms. The molecule has 0 saturated heterocycles. The highest BCUT2D eigenvalue weighted by atomic mass is 32.2. The van der Waals surface area contributed by atoms with Gasteiger partial charge in [0.2, 0.25) is 0 Å². The minimum absolute atomic E-state index is 0.741. The number of fused-ring (bicyclic) bond motifs is 1. The zero-order valence-electron chi connectivity index (χ0n) is 6.95. The van der Waals surface area contributed by atoms with E-state index in [2.05, 4.69) is 26.5 Å². The number of aromatic amines is 2. The molecule has 0 atom stereocenters. The summed E-state index contributed by atoms with van der Waals surface area (Å²) in [5.74, 6) is 0.870. The lowest BCUT2D eigenvalue weighted by molar-refractivity contribution is -0.428. The lowest BCUT2D eigenvalue weighted by Crippen LogP contribution is -2.07. The fraction of sp³-hybridized carbons (Fsp3) is 0.125. The molecule has 0 aliphatic rings. The van der Waals surface area contributed by atoms with E-state index < -0.39 is 0 Å². The fourth-order valence-electron chi connectivity index (χ4n) is 1.03. The number of hydrogen-bond donors (Lipinski definition) is 1. The van der Waals surface area contributed by atoms with E-state index in [0.717, 1.165) is 21.9 Å². The molecular weight excluding hydrogens is 184 g/mol. The van der Waals surface area contributed by atoms with Gasteiger partial charge in [0.1, 0.15) is 0 Å². The maximum atomic E-state index is 4.07. The van der Waals surface area contributed by atoms with Gasteiger partial charge in [-0.05, 0) is 4.98 Å². The van der Waals surface area contributed by atoms with E-state index >= 15 is 0 Å². The maximum Gasteiger partial charge on any atom is 0.296 e. The number of hydrogen-bond acceptors (Lipinski definition) is 3. The van der Waals surface area contributed by atoms with Crippen LogP contribution in [0.3, 0.4) is 0 Å². The van der Waals surface area contributed by atoms with Crippen LogP contribution in [0, 0.1) is 0 Å². The van der Waals surface area contributed by atoms with Crippen LogP contribution in [0.4, 0.5) is 0 Å². The molecule has 0 aromatic carbocycles. The minimum atomic E-state index is 0.741.